The van der Waals surface area contributed by atoms with Crippen LogP contribution in [0.1, 0.15) is 5.56 Å². The van der Waals surface area contributed by atoms with Gasteiger partial charge in [0, 0.05) is 6.07 Å². The van der Waals surface area contributed by atoms with Gasteiger partial charge in [0.15, 0.2) is 0 Å². The lowest BCUT2D eigenvalue weighted by atomic mass is 10.2. The molecular weight excluding hydrogens is 254 g/mol. The lowest BCUT2D eigenvalue weighted by molar-refractivity contribution is -0.276. The van der Waals surface area contributed by atoms with E-state index in [9.17, 15) is 26.3 Å². The molecule has 0 fully saturated rings. The van der Waals surface area contributed by atoms with Crippen LogP contribution in [0.5, 0.6) is 11.5 Å². The summed E-state index contributed by atoms with van der Waals surface area (Å²) in [4.78, 5) is 0. The Hall–Kier alpha value is -1.60. The van der Waals surface area contributed by atoms with E-state index in [0.717, 1.165) is 12.1 Å². The van der Waals surface area contributed by atoms with Crippen molar-refractivity contribution >= 4 is 0 Å². The molecule has 0 aliphatic rings. The maximum Gasteiger partial charge on any atom is 0.573 e. The van der Waals surface area contributed by atoms with Gasteiger partial charge in [0.1, 0.15) is 11.5 Å². The molecule has 17 heavy (non-hydrogen) atoms. The molecule has 0 atom stereocenters. The number of ether oxygens (including phenoxy) is 2. The summed E-state index contributed by atoms with van der Waals surface area (Å²) in [5, 5.41) is 0. The second-order valence-corrected chi connectivity index (χ2v) is 2.87. The third-order valence-electron chi connectivity index (χ3n) is 1.50. The van der Waals surface area contributed by atoms with Gasteiger partial charge in [-0.15, -0.1) is 26.3 Å². The first kappa shape index (κ1) is 13.5. The fourth-order valence-corrected chi connectivity index (χ4v) is 0.952. The minimum atomic E-state index is -5.01. The minimum absolute atomic E-state index is 0.211. The predicted octanol–water partition coefficient (Wildman–Crippen LogP) is 3.67. The highest BCUT2D eigenvalue weighted by Gasteiger charge is 2.34. The summed E-state index contributed by atoms with van der Waals surface area (Å²) in [7, 11) is 0. The van der Waals surface area contributed by atoms with Crippen molar-refractivity contribution in [3.8, 4) is 11.5 Å². The maximum absolute atomic E-state index is 11.9. The normalized spacial score (nSPS) is 12.4. The molecule has 1 radical (unpaired) electrons. The Kier molecular flexibility index (Phi) is 3.44. The summed E-state index contributed by atoms with van der Waals surface area (Å²) >= 11 is 0. The molecule has 0 unspecified atom stereocenters. The number of halogens is 6. The molecule has 0 bridgehead atoms. The molecule has 0 amide bonds. The quantitative estimate of drug-likeness (QED) is 0.754. The van der Waals surface area contributed by atoms with E-state index < -0.39 is 24.2 Å². The molecule has 95 valence electrons. The summed E-state index contributed by atoms with van der Waals surface area (Å²) in [6.07, 6.45) is -10.00. The largest absolute Gasteiger partial charge is 0.573 e. The topological polar surface area (TPSA) is 18.5 Å². The average molecular weight is 259 g/mol. The second kappa shape index (κ2) is 4.34. The van der Waals surface area contributed by atoms with E-state index in [-0.39, 0.29) is 5.56 Å². The Balaban J connectivity index is 2.95. The summed E-state index contributed by atoms with van der Waals surface area (Å²) in [5.74, 6) is -1.66. The van der Waals surface area contributed by atoms with E-state index in [1.807, 2.05) is 0 Å². The average Bonchev–Trinajstić information content (AvgIpc) is 2.05. The van der Waals surface area contributed by atoms with Gasteiger partial charge in [0.2, 0.25) is 0 Å². The van der Waals surface area contributed by atoms with Crippen molar-refractivity contribution in [2.24, 2.45) is 0 Å². The standard InChI is InChI=1S/C9H5F6O2/c1-5-2-3-6(16-8(10,11)12)4-7(5)17-9(13,14)15/h2-4H,1H2. The highest BCUT2D eigenvalue weighted by molar-refractivity contribution is 5.42. The van der Waals surface area contributed by atoms with Crippen LogP contribution in [0.2, 0.25) is 0 Å². The zero-order valence-electron chi connectivity index (χ0n) is 8.02. The molecule has 0 aliphatic heterocycles. The zero-order chi connectivity index (χ0) is 13.3. The van der Waals surface area contributed by atoms with Crippen LogP contribution in [0.25, 0.3) is 0 Å². The Morgan fingerprint density at radius 3 is 1.88 bits per heavy atom. The predicted molar refractivity (Wildman–Crippen MR) is 44.3 cm³/mol. The number of hydrogen-bond acceptors (Lipinski definition) is 2. The number of hydrogen-bond donors (Lipinski definition) is 0. The first-order valence-corrected chi connectivity index (χ1v) is 4.04. The Bertz CT molecular complexity index is 395. The van der Waals surface area contributed by atoms with Gasteiger partial charge in [-0.1, -0.05) is 6.07 Å². The third-order valence-corrected chi connectivity index (χ3v) is 1.50. The van der Waals surface area contributed by atoms with Gasteiger partial charge in [0.25, 0.3) is 0 Å². The van der Waals surface area contributed by atoms with Crippen LogP contribution in [-0.4, -0.2) is 12.7 Å². The fraction of sp³-hybridized carbons (Fsp3) is 0.222. The smallest absolute Gasteiger partial charge is 0.406 e. The van der Waals surface area contributed by atoms with Gasteiger partial charge < -0.3 is 9.47 Å². The van der Waals surface area contributed by atoms with Crippen molar-refractivity contribution in [2.45, 2.75) is 12.7 Å². The van der Waals surface area contributed by atoms with Crippen LogP contribution in [0.4, 0.5) is 26.3 Å². The zero-order valence-corrected chi connectivity index (χ0v) is 8.02. The van der Waals surface area contributed by atoms with E-state index in [1.54, 1.807) is 0 Å². The summed E-state index contributed by atoms with van der Waals surface area (Å²) in [6.45, 7) is 3.18. The number of benzene rings is 1. The first-order chi connectivity index (χ1) is 7.57. The van der Waals surface area contributed by atoms with Crippen LogP contribution >= 0.6 is 0 Å². The second-order valence-electron chi connectivity index (χ2n) is 2.87. The van der Waals surface area contributed by atoms with Gasteiger partial charge in [-0.05, 0) is 18.6 Å². The number of rotatable bonds is 2. The Morgan fingerprint density at radius 1 is 0.882 bits per heavy atom. The summed E-state index contributed by atoms with van der Waals surface area (Å²) in [5.41, 5.74) is -0.211. The molecule has 0 spiro atoms. The molecule has 1 aromatic rings. The molecule has 1 rings (SSSR count). The van der Waals surface area contributed by atoms with Crippen LogP contribution in [-0.2, 0) is 0 Å². The monoisotopic (exact) mass is 259 g/mol. The number of alkyl halides is 6. The van der Waals surface area contributed by atoms with Crippen LogP contribution in [0, 0.1) is 6.92 Å². The van der Waals surface area contributed by atoms with E-state index in [4.69, 9.17) is 0 Å². The Morgan fingerprint density at radius 2 is 1.41 bits per heavy atom. The molecule has 0 saturated heterocycles. The van der Waals surface area contributed by atoms with E-state index in [1.165, 1.54) is 0 Å². The van der Waals surface area contributed by atoms with Crippen LogP contribution in [0.15, 0.2) is 18.2 Å². The summed E-state index contributed by atoms with van der Waals surface area (Å²) in [6, 6.07) is 2.21. The van der Waals surface area contributed by atoms with Crippen molar-refractivity contribution in [3.63, 3.8) is 0 Å². The van der Waals surface area contributed by atoms with Crippen LogP contribution in [0.3, 0.4) is 0 Å². The molecule has 2 nitrogen and oxygen atoms in total. The molecule has 0 heterocycles. The van der Waals surface area contributed by atoms with Crippen molar-refractivity contribution in [1.29, 1.82) is 0 Å². The molecule has 1 aromatic carbocycles. The van der Waals surface area contributed by atoms with Gasteiger partial charge in [-0.2, -0.15) is 0 Å². The molecule has 0 saturated carbocycles. The van der Waals surface area contributed by atoms with E-state index >= 15 is 0 Å². The van der Waals surface area contributed by atoms with E-state index in [0.29, 0.717) is 6.07 Å². The highest BCUT2D eigenvalue weighted by Crippen LogP contribution is 2.31. The third kappa shape index (κ3) is 4.83. The van der Waals surface area contributed by atoms with Gasteiger partial charge in [0.05, 0.1) is 0 Å². The first-order valence-electron chi connectivity index (χ1n) is 4.04. The maximum atomic E-state index is 11.9. The highest BCUT2D eigenvalue weighted by atomic mass is 19.4. The minimum Gasteiger partial charge on any atom is -0.406 e. The lowest BCUT2D eigenvalue weighted by Crippen LogP contribution is -2.19. The van der Waals surface area contributed by atoms with Gasteiger partial charge in [-0.3, -0.25) is 0 Å². The van der Waals surface area contributed by atoms with Gasteiger partial charge >= 0.3 is 12.7 Å². The van der Waals surface area contributed by atoms with Crippen molar-refractivity contribution in [2.75, 3.05) is 0 Å². The van der Waals surface area contributed by atoms with Crippen molar-refractivity contribution < 1.29 is 35.8 Å². The van der Waals surface area contributed by atoms with Crippen LogP contribution < -0.4 is 9.47 Å². The Labute approximate surface area is 91.7 Å². The molecule has 0 aromatic heterocycles. The summed E-state index contributed by atoms with van der Waals surface area (Å²) < 4.78 is 78.0. The lowest BCUT2D eigenvalue weighted by Gasteiger charge is -2.13. The molecular formula is C9H5F6O2. The fourth-order valence-electron chi connectivity index (χ4n) is 0.952. The van der Waals surface area contributed by atoms with Gasteiger partial charge in [-0.25, -0.2) is 0 Å². The SMILES string of the molecule is [CH2]c1ccc(OC(F)(F)F)cc1OC(F)(F)F. The molecule has 0 N–H and O–H groups in total. The van der Waals surface area contributed by atoms with E-state index in [2.05, 4.69) is 16.4 Å². The molecule has 0 aliphatic carbocycles. The molecule has 8 heteroatoms. The van der Waals surface area contributed by atoms with Crippen molar-refractivity contribution in [3.05, 3.63) is 30.7 Å². The van der Waals surface area contributed by atoms with Crippen molar-refractivity contribution in [1.82, 2.24) is 0 Å².